The van der Waals surface area contributed by atoms with Crippen LogP contribution in [0.1, 0.15) is 19.3 Å². The van der Waals surface area contributed by atoms with E-state index in [1.54, 1.807) is 0 Å². The molecule has 62 valence electrons. The van der Waals surface area contributed by atoms with E-state index in [9.17, 15) is 0 Å². The summed E-state index contributed by atoms with van der Waals surface area (Å²) >= 11 is 0. The van der Waals surface area contributed by atoms with E-state index in [0.29, 0.717) is 0 Å². The van der Waals surface area contributed by atoms with Crippen LogP contribution in [0.3, 0.4) is 0 Å². The van der Waals surface area contributed by atoms with Gasteiger partial charge in [0.1, 0.15) is 0 Å². The van der Waals surface area contributed by atoms with Crippen LogP contribution in [0.5, 0.6) is 0 Å². The topological polar surface area (TPSA) is 35.8 Å². The van der Waals surface area contributed by atoms with Crippen LogP contribution in [0.4, 0.5) is 0 Å². The van der Waals surface area contributed by atoms with Crippen molar-refractivity contribution in [3.63, 3.8) is 0 Å². The van der Waals surface area contributed by atoms with Gasteiger partial charge in [-0.3, -0.25) is 4.90 Å². The molecule has 0 aromatic carbocycles. The summed E-state index contributed by atoms with van der Waals surface area (Å²) in [5.74, 6) is 0.767. The summed E-state index contributed by atoms with van der Waals surface area (Å²) in [6.45, 7) is 3.31. The van der Waals surface area contributed by atoms with E-state index in [-0.39, 0.29) is 0 Å². The van der Waals surface area contributed by atoms with E-state index in [4.69, 9.17) is 5.21 Å². The molecular weight excluding hydrogens is 140 g/mol. The monoisotopic (exact) mass is 154 g/mol. The van der Waals surface area contributed by atoms with Gasteiger partial charge >= 0.3 is 0 Å². The SMILES string of the molecule is O/N=C1\CC2CCCN(C1)C2. The minimum atomic E-state index is 0.767. The highest BCUT2D eigenvalue weighted by atomic mass is 16.4. The summed E-state index contributed by atoms with van der Waals surface area (Å²) in [6, 6.07) is 0. The second-order valence-electron chi connectivity index (χ2n) is 3.61. The lowest BCUT2D eigenvalue weighted by Gasteiger charge is -2.37. The van der Waals surface area contributed by atoms with Gasteiger partial charge in [-0.05, 0) is 31.7 Å². The Morgan fingerprint density at radius 3 is 3.18 bits per heavy atom. The number of oxime groups is 1. The predicted molar refractivity (Wildman–Crippen MR) is 43.0 cm³/mol. The molecule has 11 heavy (non-hydrogen) atoms. The molecular formula is C8H14N2O. The van der Waals surface area contributed by atoms with Crippen molar-refractivity contribution >= 4 is 5.71 Å². The van der Waals surface area contributed by atoms with Gasteiger partial charge in [-0.2, -0.15) is 0 Å². The zero-order valence-electron chi connectivity index (χ0n) is 6.66. The average molecular weight is 154 g/mol. The third-order valence-corrected chi connectivity index (χ3v) is 2.67. The molecule has 3 heteroatoms. The lowest BCUT2D eigenvalue weighted by Crippen LogP contribution is -2.44. The van der Waals surface area contributed by atoms with Crippen molar-refractivity contribution in [2.75, 3.05) is 19.6 Å². The molecule has 0 amide bonds. The summed E-state index contributed by atoms with van der Waals surface area (Å²) in [6.07, 6.45) is 3.66. The second-order valence-corrected chi connectivity index (χ2v) is 3.61. The van der Waals surface area contributed by atoms with Crippen molar-refractivity contribution in [2.45, 2.75) is 19.3 Å². The molecule has 2 atom stereocenters. The van der Waals surface area contributed by atoms with Crippen LogP contribution >= 0.6 is 0 Å². The van der Waals surface area contributed by atoms with Gasteiger partial charge in [0, 0.05) is 13.1 Å². The van der Waals surface area contributed by atoms with Gasteiger partial charge in [0.2, 0.25) is 0 Å². The number of fused-ring (bicyclic) bond motifs is 2. The minimum Gasteiger partial charge on any atom is -0.411 e. The van der Waals surface area contributed by atoms with E-state index < -0.39 is 0 Å². The standard InChI is InChI=1S/C8H14N2O/c11-9-8-4-7-2-1-3-10(5-7)6-8/h7,11H,1-6H2/b9-8+. The Morgan fingerprint density at radius 2 is 2.45 bits per heavy atom. The van der Waals surface area contributed by atoms with Gasteiger partial charge in [-0.1, -0.05) is 5.16 Å². The number of piperidine rings is 2. The van der Waals surface area contributed by atoms with Crippen molar-refractivity contribution in [2.24, 2.45) is 11.1 Å². The number of hydrogen-bond acceptors (Lipinski definition) is 3. The molecule has 0 aromatic heterocycles. The van der Waals surface area contributed by atoms with Gasteiger partial charge in [0.15, 0.2) is 0 Å². The Kier molecular flexibility index (Phi) is 1.82. The van der Waals surface area contributed by atoms with Crippen LogP contribution in [-0.2, 0) is 0 Å². The van der Waals surface area contributed by atoms with Crippen molar-refractivity contribution < 1.29 is 5.21 Å². The van der Waals surface area contributed by atoms with E-state index in [0.717, 1.165) is 24.6 Å². The highest BCUT2D eigenvalue weighted by Gasteiger charge is 2.27. The van der Waals surface area contributed by atoms with E-state index >= 15 is 0 Å². The quantitative estimate of drug-likeness (QED) is 0.416. The largest absolute Gasteiger partial charge is 0.411 e. The van der Waals surface area contributed by atoms with Crippen LogP contribution < -0.4 is 0 Å². The van der Waals surface area contributed by atoms with E-state index in [1.165, 1.54) is 25.9 Å². The predicted octanol–water partition coefficient (Wildman–Crippen LogP) is 0.932. The Hall–Kier alpha value is -0.570. The lowest BCUT2D eigenvalue weighted by molar-refractivity contribution is 0.174. The lowest BCUT2D eigenvalue weighted by atomic mass is 9.89. The first-order chi connectivity index (χ1) is 5.38. The molecule has 2 heterocycles. The zero-order chi connectivity index (χ0) is 7.68. The van der Waals surface area contributed by atoms with Gasteiger partial charge in [-0.15, -0.1) is 0 Å². The first-order valence-electron chi connectivity index (χ1n) is 4.30. The molecule has 0 aromatic rings. The van der Waals surface area contributed by atoms with Gasteiger partial charge < -0.3 is 5.21 Å². The first kappa shape index (κ1) is 7.10. The van der Waals surface area contributed by atoms with E-state index in [1.807, 2.05) is 0 Å². The molecule has 0 radical (unpaired) electrons. The Labute approximate surface area is 66.7 Å². The second kappa shape index (κ2) is 2.81. The van der Waals surface area contributed by atoms with Crippen LogP contribution in [0.2, 0.25) is 0 Å². The molecule has 2 aliphatic heterocycles. The summed E-state index contributed by atoms with van der Waals surface area (Å²) in [5, 5.41) is 11.9. The molecule has 0 aliphatic carbocycles. The highest BCUT2D eigenvalue weighted by molar-refractivity contribution is 5.86. The molecule has 0 spiro atoms. The molecule has 2 rings (SSSR count). The fraction of sp³-hybridized carbons (Fsp3) is 0.875. The molecule has 2 aliphatic rings. The third kappa shape index (κ3) is 1.38. The number of nitrogens with zero attached hydrogens (tertiary/aromatic N) is 2. The summed E-state index contributed by atoms with van der Waals surface area (Å²) in [7, 11) is 0. The fourth-order valence-electron chi connectivity index (χ4n) is 2.19. The van der Waals surface area contributed by atoms with E-state index in [2.05, 4.69) is 10.1 Å². The molecule has 2 fully saturated rings. The first-order valence-corrected chi connectivity index (χ1v) is 4.30. The fourth-order valence-corrected chi connectivity index (χ4v) is 2.19. The van der Waals surface area contributed by atoms with Crippen molar-refractivity contribution in [3.8, 4) is 0 Å². The third-order valence-electron chi connectivity index (χ3n) is 2.67. The summed E-state index contributed by atoms with van der Waals surface area (Å²) < 4.78 is 0. The van der Waals surface area contributed by atoms with Crippen molar-refractivity contribution in [3.05, 3.63) is 0 Å². The van der Waals surface area contributed by atoms with Crippen LogP contribution in [0.25, 0.3) is 0 Å². The molecule has 3 nitrogen and oxygen atoms in total. The molecule has 1 N–H and O–H groups in total. The minimum absolute atomic E-state index is 0.767. The maximum Gasteiger partial charge on any atom is 0.0713 e. The Morgan fingerprint density at radius 1 is 1.55 bits per heavy atom. The number of rotatable bonds is 0. The Bertz CT molecular complexity index is 165. The maximum atomic E-state index is 8.61. The molecule has 2 unspecified atom stereocenters. The van der Waals surface area contributed by atoms with Gasteiger partial charge in [0.25, 0.3) is 0 Å². The van der Waals surface area contributed by atoms with Gasteiger partial charge in [0.05, 0.1) is 5.71 Å². The zero-order valence-corrected chi connectivity index (χ0v) is 6.66. The average Bonchev–Trinajstić information content (AvgIpc) is 2.03. The summed E-state index contributed by atoms with van der Waals surface area (Å²) in [4.78, 5) is 2.38. The van der Waals surface area contributed by atoms with Gasteiger partial charge in [-0.25, -0.2) is 0 Å². The van der Waals surface area contributed by atoms with Crippen molar-refractivity contribution in [1.82, 2.24) is 4.90 Å². The van der Waals surface area contributed by atoms with Crippen LogP contribution in [-0.4, -0.2) is 35.5 Å². The molecule has 2 bridgehead atoms. The summed E-state index contributed by atoms with van der Waals surface area (Å²) in [5.41, 5.74) is 0.973. The normalized spacial score (nSPS) is 40.9. The number of hydrogen-bond donors (Lipinski definition) is 1. The maximum absolute atomic E-state index is 8.61. The van der Waals surface area contributed by atoms with Crippen molar-refractivity contribution in [1.29, 1.82) is 0 Å². The highest BCUT2D eigenvalue weighted by Crippen LogP contribution is 2.24. The smallest absolute Gasteiger partial charge is 0.0713 e. The van der Waals surface area contributed by atoms with Crippen LogP contribution in [0, 0.1) is 5.92 Å². The molecule has 2 saturated heterocycles. The Balaban J connectivity index is 2.05. The molecule has 0 saturated carbocycles. The van der Waals surface area contributed by atoms with Crippen LogP contribution in [0.15, 0.2) is 5.16 Å².